The number of carboxylic acid groups (broad SMARTS) is 1. The maximum absolute atomic E-state index is 12.6. The number of nitrogens with zero attached hydrogens (tertiary/aromatic N) is 1. The van der Waals surface area contributed by atoms with Gasteiger partial charge < -0.3 is 20.1 Å². The van der Waals surface area contributed by atoms with Gasteiger partial charge in [0.2, 0.25) is 11.7 Å². The number of carboxylic acids is 1. The molecular weight excluding hydrogens is 370 g/mol. The minimum atomic E-state index is -1.39. The summed E-state index contributed by atoms with van der Waals surface area (Å²) in [7, 11) is 0. The third-order valence-electron chi connectivity index (χ3n) is 4.00. The van der Waals surface area contributed by atoms with Crippen molar-refractivity contribution in [2.24, 2.45) is 0 Å². The number of hydrogen-bond acceptors (Lipinski definition) is 5. The van der Waals surface area contributed by atoms with E-state index in [0.717, 1.165) is 5.39 Å². The molecule has 0 bridgehead atoms. The molecule has 7 nitrogen and oxygen atoms in total. The average molecular weight is 382 g/mol. The zero-order valence-corrected chi connectivity index (χ0v) is 14.4. The number of aliphatic carboxylic acids is 1. The number of carbonyl (C=O) groups is 2. The predicted molar refractivity (Wildman–Crippen MR) is 99.9 cm³/mol. The third-order valence-corrected chi connectivity index (χ3v) is 4.33. The summed E-state index contributed by atoms with van der Waals surface area (Å²) in [4.78, 5) is 31.3. The zero-order valence-electron chi connectivity index (χ0n) is 13.7. The fraction of sp³-hybridized carbons (Fsp3) is 0. The molecule has 0 unspecified atom stereocenters. The molecule has 3 aromatic rings. The maximum atomic E-state index is 12.6. The number of fused-ring (bicyclic) bond motifs is 1. The molecule has 1 aliphatic rings. The number of ether oxygens (including phenoxy) is 1. The van der Waals surface area contributed by atoms with Crippen molar-refractivity contribution in [2.75, 3.05) is 5.32 Å². The lowest BCUT2D eigenvalue weighted by atomic mass is 10.1. The Morgan fingerprint density at radius 1 is 1.26 bits per heavy atom. The fourth-order valence-corrected chi connectivity index (χ4v) is 2.92. The van der Waals surface area contributed by atoms with Crippen molar-refractivity contribution in [1.82, 2.24) is 9.97 Å². The highest BCUT2D eigenvalue weighted by molar-refractivity contribution is 6.33. The van der Waals surface area contributed by atoms with Crippen LogP contribution in [-0.4, -0.2) is 26.8 Å². The summed E-state index contributed by atoms with van der Waals surface area (Å²) in [5.74, 6) is -2.40. The van der Waals surface area contributed by atoms with Gasteiger partial charge in [-0.1, -0.05) is 23.7 Å². The van der Waals surface area contributed by atoms with E-state index in [1.54, 1.807) is 42.7 Å². The van der Waals surface area contributed by atoms with E-state index in [2.05, 4.69) is 15.3 Å². The van der Waals surface area contributed by atoms with Gasteiger partial charge in [0, 0.05) is 23.3 Å². The number of H-pyrrole nitrogens is 1. The molecule has 1 aromatic carbocycles. The number of Topliss-reactive ketones (excluding diaryl/α,β-unsaturated/α-hetero) is 1. The van der Waals surface area contributed by atoms with Gasteiger partial charge in [-0.2, -0.15) is 0 Å². The van der Waals surface area contributed by atoms with Gasteiger partial charge in [-0.15, -0.1) is 0 Å². The predicted octanol–water partition coefficient (Wildman–Crippen LogP) is 3.56. The number of aromatic amines is 1. The van der Waals surface area contributed by atoms with Crippen molar-refractivity contribution in [3.8, 4) is 0 Å². The number of pyridine rings is 1. The molecule has 0 amide bonds. The highest BCUT2D eigenvalue weighted by Gasteiger charge is 2.36. The van der Waals surface area contributed by atoms with Gasteiger partial charge in [0.05, 0.1) is 10.7 Å². The van der Waals surface area contributed by atoms with Crippen LogP contribution in [0.2, 0.25) is 5.02 Å². The normalized spacial score (nSPS) is 15.4. The fourth-order valence-electron chi connectivity index (χ4n) is 2.73. The zero-order chi connectivity index (χ0) is 19.0. The van der Waals surface area contributed by atoms with E-state index < -0.39 is 17.3 Å². The molecule has 0 spiro atoms. The van der Waals surface area contributed by atoms with Gasteiger partial charge in [0.15, 0.2) is 11.3 Å². The van der Waals surface area contributed by atoms with Crippen molar-refractivity contribution >= 4 is 46.2 Å². The molecule has 0 radical (unpaired) electrons. The van der Waals surface area contributed by atoms with Crippen LogP contribution in [0, 0.1) is 0 Å². The number of allylic oxidation sites excluding steroid dienone is 1. The lowest BCUT2D eigenvalue weighted by Gasteiger charge is -2.09. The molecule has 27 heavy (non-hydrogen) atoms. The van der Waals surface area contributed by atoms with E-state index in [1.165, 1.54) is 6.08 Å². The molecule has 1 aliphatic heterocycles. The first-order valence-corrected chi connectivity index (χ1v) is 8.28. The molecular formula is C19H12ClN3O4. The Hall–Kier alpha value is -3.58. The van der Waals surface area contributed by atoms with Gasteiger partial charge in [-0.05, 0) is 30.3 Å². The summed E-state index contributed by atoms with van der Waals surface area (Å²) in [5, 5.41) is 13.4. The molecule has 0 atom stereocenters. The largest absolute Gasteiger partial charge is 0.477 e. The van der Waals surface area contributed by atoms with Crippen molar-refractivity contribution in [2.45, 2.75) is 0 Å². The second-order valence-corrected chi connectivity index (χ2v) is 6.10. The molecule has 0 saturated heterocycles. The first-order valence-electron chi connectivity index (χ1n) is 7.90. The molecule has 4 rings (SSSR count). The Kier molecular flexibility index (Phi) is 4.13. The number of ketones is 1. The second kappa shape index (κ2) is 6.62. The Bertz CT molecular complexity index is 1150. The summed E-state index contributed by atoms with van der Waals surface area (Å²) < 4.78 is 5.54. The monoisotopic (exact) mass is 381 g/mol. The van der Waals surface area contributed by atoms with Crippen LogP contribution in [0.15, 0.2) is 66.0 Å². The Labute approximate surface area is 157 Å². The SMILES string of the molecule is O=C(O)C1=C(Nc2ccccc2Cl)O/C(=C\c2c[nH]c3ncccc23)C1=O. The highest BCUT2D eigenvalue weighted by Crippen LogP contribution is 2.31. The van der Waals surface area contributed by atoms with Crippen LogP contribution < -0.4 is 5.32 Å². The van der Waals surface area contributed by atoms with Crippen molar-refractivity contribution in [3.63, 3.8) is 0 Å². The Balaban J connectivity index is 1.71. The number of anilines is 1. The van der Waals surface area contributed by atoms with E-state index in [9.17, 15) is 14.7 Å². The number of aromatic nitrogens is 2. The first kappa shape index (κ1) is 16.9. The number of rotatable bonds is 4. The minimum absolute atomic E-state index is 0.105. The van der Waals surface area contributed by atoms with Crippen LogP contribution in [0.5, 0.6) is 0 Å². The Morgan fingerprint density at radius 3 is 2.85 bits per heavy atom. The second-order valence-electron chi connectivity index (χ2n) is 5.70. The van der Waals surface area contributed by atoms with E-state index >= 15 is 0 Å². The Morgan fingerprint density at radius 2 is 2.07 bits per heavy atom. The van der Waals surface area contributed by atoms with E-state index in [0.29, 0.717) is 21.9 Å². The lowest BCUT2D eigenvalue weighted by Crippen LogP contribution is -2.12. The molecule has 0 aliphatic carbocycles. The number of halogens is 1. The van der Waals surface area contributed by atoms with Crippen LogP contribution >= 0.6 is 11.6 Å². The van der Waals surface area contributed by atoms with Crippen LogP contribution in [0.25, 0.3) is 17.1 Å². The third kappa shape index (κ3) is 3.04. The van der Waals surface area contributed by atoms with Crippen LogP contribution in [-0.2, 0) is 14.3 Å². The molecule has 0 fully saturated rings. The smallest absolute Gasteiger partial charge is 0.345 e. The number of hydrogen-bond donors (Lipinski definition) is 3. The quantitative estimate of drug-likeness (QED) is 0.471. The lowest BCUT2D eigenvalue weighted by molar-refractivity contribution is -0.134. The van der Waals surface area contributed by atoms with Gasteiger partial charge in [-0.3, -0.25) is 4.79 Å². The average Bonchev–Trinajstić information content (AvgIpc) is 3.19. The van der Waals surface area contributed by atoms with E-state index in [1.807, 2.05) is 6.07 Å². The number of para-hydroxylation sites is 1. The number of carbonyl (C=O) groups excluding carboxylic acids is 1. The van der Waals surface area contributed by atoms with E-state index in [4.69, 9.17) is 16.3 Å². The van der Waals surface area contributed by atoms with Crippen LogP contribution in [0.1, 0.15) is 5.56 Å². The minimum Gasteiger partial charge on any atom is -0.477 e. The molecule has 8 heteroatoms. The summed E-state index contributed by atoms with van der Waals surface area (Å²) in [6.07, 6.45) is 4.79. The highest BCUT2D eigenvalue weighted by atomic mass is 35.5. The molecule has 3 heterocycles. The molecule has 3 N–H and O–H groups in total. The van der Waals surface area contributed by atoms with Crippen molar-refractivity contribution in [3.05, 3.63) is 76.6 Å². The van der Waals surface area contributed by atoms with Gasteiger partial charge in [0.1, 0.15) is 5.65 Å². The van der Waals surface area contributed by atoms with Crippen molar-refractivity contribution < 1.29 is 19.4 Å². The summed E-state index contributed by atoms with van der Waals surface area (Å²) >= 11 is 6.08. The molecule has 2 aromatic heterocycles. The molecule has 0 saturated carbocycles. The topological polar surface area (TPSA) is 104 Å². The van der Waals surface area contributed by atoms with Gasteiger partial charge in [-0.25, -0.2) is 9.78 Å². The van der Waals surface area contributed by atoms with Gasteiger partial charge in [0.25, 0.3) is 0 Å². The van der Waals surface area contributed by atoms with Gasteiger partial charge >= 0.3 is 5.97 Å². The maximum Gasteiger partial charge on any atom is 0.345 e. The first-order chi connectivity index (χ1) is 13.0. The molecule has 134 valence electrons. The standard InChI is InChI=1S/C19H12ClN3O4/c20-12-5-1-2-6-13(12)23-18-15(19(25)26)16(24)14(27-18)8-10-9-22-17-11(10)4-3-7-21-17/h1-9,23H,(H,21,22)(H,25,26)/b14-8-. The number of benzene rings is 1. The summed E-state index contributed by atoms with van der Waals surface area (Å²) in [6, 6.07) is 10.3. The van der Waals surface area contributed by atoms with Crippen molar-refractivity contribution in [1.29, 1.82) is 0 Å². The summed E-state index contributed by atoms with van der Waals surface area (Å²) in [6.45, 7) is 0. The number of nitrogens with one attached hydrogen (secondary N) is 2. The van der Waals surface area contributed by atoms with Crippen LogP contribution in [0.3, 0.4) is 0 Å². The van der Waals surface area contributed by atoms with E-state index in [-0.39, 0.29) is 11.6 Å². The van der Waals surface area contributed by atoms with Crippen LogP contribution in [0.4, 0.5) is 5.69 Å². The summed E-state index contributed by atoms with van der Waals surface area (Å²) in [5.41, 5.74) is 1.25.